The predicted molar refractivity (Wildman–Crippen MR) is 122 cm³/mol. The van der Waals surface area contributed by atoms with Crippen molar-refractivity contribution in [1.82, 2.24) is 10.2 Å². The van der Waals surface area contributed by atoms with Gasteiger partial charge >= 0.3 is 0 Å². The molecule has 5 rings (SSSR count). The fourth-order valence-corrected chi connectivity index (χ4v) is 4.98. The van der Waals surface area contributed by atoms with Gasteiger partial charge in [0, 0.05) is 18.7 Å². The largest absolute Gasteiger partial charge is 0.346 e. The fourth-order valence-electron chi connectivity index (χ4n) is 4.98. The number of nitrogens with one attached hydrogen (secondary N) is 1. The molecule has 0 bridgehead atoms. The normalized spacial score (nSPS) is 17.7. The Morgan fingerprint density at radius 3 is 2.39 bits per heavy atom. The maximum atomic E-state index is 13.0. The Balaban J connectivity index is 1.28. The Morgan fingerprint density at radius 2 is 1.58 bits per heavy atom. The van der Waals surface area contributed by atoms with Crippen LogP contribution in [0.1, 0.15) is 34.3 Å². The van der Waals surface area contributed by atoms with Gasteiger partial charge in [0.1, 0.15) is 0 Å². The van der Waals surface area contributed by atoms with Crippen molar-refractivity contribution in [2.24, 2.45) is 0 Å². The molecule has 3 aromatic carbocycles. The molecule has 31 heavy (non-hydrogen) atoms. The van der Waals surface area contributed by atoms with Crippen LogP contribution >= 0.6 is 0 Å². The van der Waals surface area contributed by atoms with E-state index < -0.39 is 0 Å². The number of carbonyl (C=O) groups is 2. The number of amides is 1. The minimum absolute atomic E-state index is 0.0981. The Labute approximate surface area is 182 Å². The topological polar surface area (TPSA) is 49.4 Å². The Kier molecular flexibility index (Phi) is 5.16. The van der Waals surface area contributed by atoms with E-state index in [1.54, 1.807) is 0 Å². The number of piperidine rings is 1. The minimum atomic E-state index is -0.293. The van der Waals surface area contributed by atoms with Crippen LogP contribution in [0, 0.1) is 0 Å². The third-order valence-corrected chi connectivity index (χ3v) is 6.63. The van der Waals surface area contributed by atoms with E-state index in [0.29, 0.717) is 13.0 Å². The first-order valence-corrected chi connectivity index (χ1v) is 10.9. The van der Waals surface area contributed by atoms with Crippen molar-refractivity contribution in [2.45, 2.75) is 24.8 Å². The number of carbonyl (C=O) groups excluding carboxylic acids is 2. The highest BCUT2D eigenvalue weighted by molar-refractivity contribution is 5.98. The van der Waals surface area contributed by atoms with Crippen molar-refractivity contribution in [3.8, 4) is 11.1 Å². The van der Waals surface area contributed by atoms with Crippen molar-refractivity contribution in [3.05, 3.63) is 95.6 Å². The van der Waals surface area contributed by atoms with Gasteiger partial charge in [-0.05, 0) is 41.2 Å². The molecule has 2 aliphatic heterocycles. The van der Waals surface area contributed by atoms with Crippen LogP contribution in [0.5, 0.6) is 0 Å². The lowest BCUT2D eigenvalue weighted by Gasteiger charge is -2.45. The van der Waals surface area contributed by atoms with Gasteiger partial charge in [0.25, 0.3) is 0 Å². The third kappa shape index (κ3) is 3.91. The third-order valence-electron chi connectivity index (χ3n) is 6.63. The maximum Gasteiger partial charge on any atom is 0.225 e. The van der Waals surface area contributed by atoms with E-state index in [9.17, 15) is 9.59 Å². The molecule has 4 nitrogen and oxygen atoms in total. The average Bonchev–Trinajstić information content (AvgIpc) is 2.81. The highest BCUT2D eigenvalue weighted by Crippen LogP contribution is 2.37. The summed E-state index contributed by atoms with van der Waals surface area (Å²) in [4.78, 5) is 27.5. The highest BCUT2D eigenvalue weighted by atomic mass is 16.2. The lowest BCUT2D eigenvalue weighted by Crippen LogP contribution is -2.56. The number of likely N-dealkylation sites (tertiary alicyclic amines) is 1. The summed E-state index contributed by atoms with van der Waals surface area (Å²) in [5.74, 6) is 0.239. The van der Waals surface area contributed by atoms with E-state index in [2.05, 4.69) is 34.5 Å². The molecule has 156 valence electrons. The van der Waals surface area contributed by atoms with Crippen LogP contribution in [0.4, 0.5) is 0 Å². The summed E-state index contributed by atoms with van der Waals surface area (Å²) in [7, 11) is 0. The van der Waals surface area contributed by atoms with E-state index in [1.807, 2.05) is 54.6 Å². The van der Waals surface area contributed by atoms with Gasteiger partial charge in [0.15, 0.2) is 5.78 Å². The van der Waals surface area contributed by atoms with E-state index in [4.69, 9.17) is 0 Å². The predicted octanol–water partition coefficient (Wildman–Crippen LogP) is 4.20. The molecule has 1 amide bonds. The minimum Gasteiger partial charge on any atom is -0.346 e. The average molecular weight is 411 g/mol. The summed E-state index contributed by atoms with van der Waals surface area (Å²) in [5, 5.41) is 3.27. The standard InChI is InChI=1S/C27H26N2O2/c30-25(23-11-6-10-21(17-23)20-7-2-1-3-8-20)19-29-15-13-27(14-16-29)24-12-5-4-9-22(24)18-26(31)28-27/h1-12,17H,13-16,18-19H2,(H,28,31). The van der Waals surface area contributed by atoms with Gasteiger partial charge in [-0.25, -0.2) is 0 Å². The molecule has 0 aliphatic carbocycles. The molecular formula is C27H26N2O2. The molecule has 2 aliphatic rings. The number of nitrogens with zero attached hydrogens (tertiary/aromatic N) is 1. The molecule has 0 saturated carbocycles. The summed E-state index contributed by atoms with van der Waals surface area (Å²) in [5.41, 5.74) is 5.01. The van der Waals surface area contributed by atoms with Crippen LogP contribution in [0.25, 0.3) is 11.1 Å². The fraction of sp³-hybridized carbons (Fsp3) is 0.259. The summed E-state index contributed by atoms with van der Waals surface area (Å²) in [6.45, 7) is 1.99. The van der Waals surface area contributed by atoms with E-state index in [1.165, 1.54) is 5.56 Å². The Bertz CT molecular complexity index is 1110. The van der Waals surface area contributed by atoms with Gasteiger partial charge < -0.3 is 5.32 Å². The molecule has 0 unspecified atom stereocenters. The zero-order valence-electron chi connectivity index (χ0n) is 17.5. The smallest absolute Gasteiger partial charge is 0.225 e. The van der Waals surface area contributed by atoms with E-state index >= 15 is 0 Å². The molecule has 0 radical (unpaired) electrons. The van der Waals surface area contributed by atoms with Crippen LogP contribution in [-0.2, 0) is 16.8 Å². The molecule has 1 N–H and O–H groups in total. The van der Waals surface area contributed by atoms with Crippen molar-refractivity contribution < 1.29 is 9.59 Å². The zero-order valence-corrected chi connectivity index (χ0v) is 17.5. The van der Waals surface area contributed by atoms with Gasteiger partial charge in [0.05, 0.1) is 18.5 Å². The summed E-state index contributed by atoms with van der Waals surface area (Å²) < 4.78 is 0. The zero-order chi connectivity index (χ0) is 21.3. The first-order valence-electron chi connectivity index (χ1n) is 10.9. The number of ketones is 1. The van der Waals surface area contributed by atoms with E-state index in [0.717, 1.165) is 48.2 Å². The van der Waals surface area contributed by atoms with E-state index in [-0.39, 0.29) is 17.2 Å². The van der Waals surface area contributed by atoms with Crippen LogP contribution < -0.4 is 5.32 Å². The van der Waals surface area contributed by atoms with Gasteiger partial charge in [-0.2, -0.15) is 0 Å². The second-order valence-corrected chi connectivity index (χ2v) is 8.61. The molecule has 2 heterocycles. The second kappa shape index (κ2) is 8.12. The van der Waals surface area contributed by atoms with Gasteiger partial charge in [-0.15, -0.1) is 0 Å². The number of benzene rings is 3. The molecule has 1 spiro atoms. The lowest BCUT2D eigenvalue weighted by molar-refractivity contribution is -0.124. The molecule has 0 aromatic heterocycles. The number of hydrogen-bond donors (Lipinski definition) is 1. The molecule has 1 fully saturated rings. The molecule has 0 atom stereocenters. The first-order chi connectivity index (χ1) is 15.1. The molecular weight excluding hydrogens is 384 g/mol. The summed E-state index contributed by atoms with van der Waals surface area (Å²) >= 11 is 0. The highest BCUT2D eigenvalue weighted by Gasteiger charge is 2.41. The number of Topliss-reactive ketones (excluding diaryl/α,β-unsaturated/α-hetero) is 1. The van der Waals surface area contributed by atoms with Crippen molar-refractivity contribution in [1.29, 1.82) is 0 Å². The van der Waals surface area contributed by atoms with Crippen molar-refractivity contribution in [3.63, 3.8) is 0 Å². The maximum absolute atomic E-state index is 13.0. The number of fused-ring (bicyclic) bond motifs is 2. The molecule has 3 aromatic rings. The van der Waals surface area contributed by atoms with Crippen molar-refractivity contribution >= 4 is 11.7 Å². The van der Waals surface area contributed by atoms with Crippen LogP contribution in [0.15, 0.2) is 78.9 Å². The van der Waals surface area contributed by atoms with Crippen LogP contribution in [0.3, 0.4) is 0 Å². The lowest BCUT2D eigenvalue weighted by atomic mass is 9.75. The molecule has 4 heteroatoms. The Morgan fingerprint density at radius 1 is 0.871 bits per heavy atom. The molecule has 1 saturated heterocycles. The van der Waals surface area contributed by atoms with Gasteiger partial charge in [0.2, 0.25) is 5.91 Å². The van der Waals surface area contributed by atoms with Gasteiger partial charge in [-0.1, -0.05) is 72.8 Å². The summed E-state index contributed by atoms with van der Waals surface area (Å²) in [6, 6.07) is 26.3. The number of hydrogen-bond acceptors (Lipinski definition) is 3. The SMILES string of the molecule is O=C1Cc2ccccc2C2(CCN(CC(=O)c3cccc(-c4ccccc4)c3)CC2)N1. The van der Waals surface area contributed by atoms with Crippen LogP contribution in [-0.4, -0.2) is 36.2 Å². The van der Waals surface area contributed by atoms with Crippen molar-refractivity contribution in [2.75, 3.05) is 19.6 Å². The monoisotopic (exact) mass is 410 g/mol. The number of rotatable bonds is 4. The van der Waals surface area contributed by atoms with Gasteiger partial charge in [-0.3, -0.25) is 14.5 Å². The quantitative estimate of drug-likeness (QED) is 0.656. The van der Waals surface area contributed by atoms with Crippen LogP contribution in [0.2, 0.25) is 0 Å². The second-order valence-electron chi connectivity index (χ2n) is 8.61. The first kappa shape index (κ1) is 19.7. The summed E-state index contributed by atoms with van der Waals surface area (Å²) in [6.07, 6.45) is 2.11. The Hall–Kier alpha value is -3.24.